The first-order valence-corrected chi connectivity index (χ1v) is 4.47. The molecule has 4 heteroatoms. The van der Waals surface area contributed by atoms with Gasteiger partial charge < -0.3 is 9.72 Å². The van der Waals surface area contributed by atoms with Crippen LogP contribution in [0, 0.1) is 0 Å². The molecule has 0 spiro atoms. The summed E-state index contributed by atoms with van der Waals surface area (Å²) in [6, 6.07) is 6.64. The summed E-state index contributed by atoms with van der Waals surface area (Å²) in [4.78, 5) is 24.6. The van der Waals surface area contributed by atoms with Crippen molar-refractivity contribution in [3.05, 3.63) is 40.8 Å². The lowest BCUT2D eigenvalue weighted by Gasteiger charge is -2.02. The second kappa shape index (κ2) is 3.57. The van der Waals surface area contributed by atoms with E-state index in [1.54, 1.807) is 30.5 Å². The minimum Gasteiger partial charge on any atom is -0.427 e. The Morgan fingerprint density at radius 2 is 2.13 bits per heavy atom. The Kier molecular flexibility index (Phi) is 2.25. The lowest BCUT2D eigenvalue weighted by Crippen LogP contribution is -2.05. The second-order valence-corrected chi connectivity index (χ2v) is 3.15. The van der Waals surface area contributed by atoms with Crippen LogP contribution < -0.4 is 10.3 Å². The molecule has 1 aromatic heterocycles. The molecule has 0 radical (unpaired) electrons. The smallest absolute Gasteiger partial charge is 0.308 e. The van der Waals surface area contributed by atoms with E-state index in [0.717, 1.165) is 5.39 Å². The van der Waals surface area contributed by atoms with E-state index >= 15 is 0 Å². The Balaban J connectivity index is 2.57. The fourth-order valence-corrected chi connectivity index (χ4v) is 1.40. The van der Waals surface area contributed by atoms with Crippen molar-refractivity contribution in [1.82, 2.24) is 4.98 Å². The number of carbonyl (C=O) groups excluding carboxylic acids is 1. The van der Waals surface area contributed by atoms with Crippen molar-refractivity contribution in [3.8, 4) is 5.75 Å². The maximum absolute atomic E-state index is 11.3. The second-order valence-electron chi connectivity index (χ2n) is 3.15. The SMILES string of the molecule is CC(=O)Oc1ccc2c(=O)[nH]ccc2c1. The van der Waals surface area contributed by atoms with Crippen molar-refractivity contribution < 1.29 is 9.53 Å². The first kappa shape index (κ1) is 9.45. The molecule has 2 aromatic rings. The molecule has 0 aliphatic rings. The van der Waals surface area contributed by atoms with Crippen LogP contribution in [0.4, 0.5) is 0 Å². The first-order chi connectivity index (χ1) is 7.16. The molecule has 0 atom stereocenters. The van der Waals surface area contributed by atoms with Gasteiger partial charge in [0.25, 0.3) is 5.56 Å². The quantitative estimate of drug-likeness (QED) is 0.563. The number of aromatic amines is 1. The molecule has 1 aromatic carbocycles. The van der Waals surface area contributed by atoms with Crippen LogP contribution >= 0.6 is 0 Å². The average Bonchev–Trinajstić information content (AvgIpc) is 2.17. The largest absolute Gasteiger partial charge is 0.427 e. The number of benzene rings is 1. The number of hydrogen-bond acceptors (Lipinski definition) is 3. The van der Waals surface area contributed by atoms with E-state index in [2.05, 4.69) is 4.98 Å². The van der Waals surface area contributed by atoms with E-state index in [4.69, 9.17) is 4.74 Å². The summed E-state index contributed by atoms with van der Waals surface area (Å²) in [5, 5.41) is 1.32. The third-order valence-corrected chi connectivity index (χ3v) is 2.01. The summed E-state index contributed by atoms with van der Waals surface area (Å²) in [5.74, 6) is 0.0693. The third kappa shape index (κ3) is 1.88. The molecule has 1 N–H and O–H groups in total. The predicted octanol–water partition coefficient (Wildman–Crippen LogP) is 1.45. The van der Waals surface area contributed by atoms with Crippen molar-refractivity contribution in [1.29, 1.82) is 0 Å². The van der Waals surface area contributed by atoms with Gasteiger partial charge in [-0.1, -0.05) is 0 Å². The molecule has 0 bridgehead atoms. The van der Waals surface area contributed by atoms with Gasteiger partial charge in [-0.05, 0) is 29.7 Å². The summed E-state index contributed by atoms with van der Waals surface area (Å²) < 4.78 is 4.91. The number of aromatic nitrogens is 1. The van der Waals surface area contributed by atoms with E-state index < -0.39 is 0 Å². The Bertz CT molecular complexity index is 571. The molecule has 2 rings (SSSR count). The van der Waals surface area contributed by atoms with Gasteiger partial charge in [-0.3, -0.25) is 9.59 Å². The number of fused-ring (bicyclic) bond motifs is 1. The van der Waals surface area contributed by atoms with Crippen LogP contribution in [0.3, 0.4) is 0 Å². The monoisotopic (exact) mass is 203 g/mol. The summed E-state index contributed by atoms with van der Waals surface area (Å²) >= 11 is 0. The molecule has 0 aliphatic heterocycles. The average molecular weight is 203 g/mol. The lowest BCUT2D eigenvalue weighted by molar-refractivity contribution is -0.131. The van der Waals surface area contributed by atoms with Gasteiger partial charge >= 0.3 is 5.97 Å². The molecule has 0 saturated carbocycles. The van der Waals surface area contributed by atoms with Crippen LogP contribution in [0.15, 0.2) is 35.3 Å². The van der Waals surface area contributed by atoms with Crippen LogP contribution in [-0.4, -0.2) is 11.0 Å². The van der Waals surface area contributed by atoms with Crippen LogP contribution in [0.25, 0.3) is 10.8 Å². The minimum atomic E-state index is -0.376. The van der Waals surface area contributed by atoms with E-state index in [1.165, 1.54) is 6.92 Å². The maximum Gasteiger partial charge on any atom is 0.308 e. The van der Waals surface area contributed by atoms with Crippen molar-refractivity contribution >= 4 is 16.7 Å². The minimum absolute atomic E-state index is 0.151. The first-order valence-electron chi connectivity index (χ1n) is 4.47. The van der Waals surface area contributed by atoms with Gasteiger partial charge in [-0.15, -0.1) is 0 Å². The summed E-state index contributed by atoms with van der Waals surface area (Å²) in [6.07, 6.45) is 1.56. The standard InChI is InChI=1S/C11H9NO3/c1-7(13)15-9-2-3-10-8(6-9)4-5-12-11(10)14/h2-6H,1H3,(H,12,14). The highest BCUT2D eigenvalue weighted by atomic mass is 16.5. The molecule has 0 unspecified atom stereocenters. The Labute approximate surface area is 85.5 Å². The zero-order chi connectivity index (χ0) is 10.8. The molecular formula is C11H9NO3. The number of esters is 1. The normalized spacial score (nSPS) is 10.2. The highest BCUT2D eigenvalue weighted by Crippen LogP contribution is 2.17. The number of nitrogens with one attached hydrogen (secondary N) is 1. The number of H-pyrrole nitrogens is 1. The van der Waals surface area contributed by atoms with E-state index in [-0.39, 0.29) is 11.5 Å². The fourth-order valence-electron chi connectivity index (χ4n) is 1.40. The third-order valence-electron chi connectivity index (χ3n) is 2.01. The number of rotatable bonds is 1. The van der Waals surface area contributed by atoms with Crippen LogP contribution in [0.5, 0.6) is 5.75 Å². The number of hydrogen-bond donors (Lipinski definition) is 1. The van der Waals surface area contributed by atoms with Gasteiger partial charge in [0.05, 0.1) is 0 Å². The van der Waals surface area contributed by atoms with Crippen LogP contribution in [-0.2, 0) is 4.79 Å². The van der Waals surface area contributed by atoms with E-state index in [1.807, 2.05) is 0 Å². The molecule has 76 valence electrons. The zero-order valence-corrected chi connectivity index (χ0v) is 8.11. The van der Waals surface area contributed by atoms with Gasteiger partial charge in [-0.2, -0.15) is 0 Å². The van der Waals surface area contributed by atoms with Crippen molar-refractivity contribution in [3.63, 3.8) is 0 Å². The van der Waals surface area contributed by atoms with Gasteiger partial charge in [0.15, 0.2) is 0 Å². The maximum atomic E-state index is 11.3. The Morgan fingerprint density at radius 1 is 1.33 bits per heavy atom. The van der Waals surface area contributed by atoms with Crippen LogP contribution in [0.2, 0.25) is 0 Å². The fraction of sp³-hybridized carbons (Fsp3) is 0.0909. The molecule has 0 aliphatic carbocycles. The molecule has 4 nitrogen and oxygen atoms in total. The highest BCUT2D eigenvalue weighted by Gasteiger charge is 2.01. The Hall–Kier alpha value is -2.10. The number of pyridine rings is 1. The number of ether oxygens (including phenoxy) is 1. The Morgan fingerprint density at radius 3 is 2.87 bits per heavy atom. The van der Waals surface area contributed by atoms with Crippen LogP contribution in [0.1, 0.15) is 6.92 Å². The molecular weight excluding hydrogens is 194 g/mol. The molecule has 0 saturated heterocycles. The molecule has 15 heavy (non-hydrogen) atoms. The van der Waals surface area contributed by atoms with Crippen molar-refractivity contribution in [2.24, 2.45) is 0 Å². The highest BCUT2D eigenvalue weighted by molar-refractivity contribution is 5.83. The van der Waals surface area contributed by atoms with Gasteiger partial charge in [0, 0.05) is 18.5 Å². The molecule has 0 fully saturated rings. The summed E-state index contributed by atoms with van der Waals surface area (Å²) in [5.41, 5.74) is -0.151. The lowest BCUT2D eigenvalue weighted by atomic mass is 10.2. The van der Waals surface area contributed by atoms with E-state index in [9.17, 15) is 9.59 Å². The van der Waals surface area contributed by atoms with Gasteiger partial charge in [-0.25, -0.2) is 0 Å². The van der Waals surface area contributed by atoms with Crippen molar-refractivity contribution in [2.45, 2.75) is 6.92 Å². The topological polar surface area (TPSA) is 59.2 Å². The predicted molar refractivity (Wildman–Crippen MR) is 55.9 cm³/mol. The number of carbonyl (C=O) groups is 1. The molecule has 0 amide bonds. The summed E-state index contributed by atoms with van der Waals surface area (Å²) in [6.45, 7) is 1.34. The van der Waals surface area contributed by atoms with Gasteiger partial charge in [0.1, 0.15) is 5.75 Å². The van der Waals surface area contributed by atoms with E-state index in [0.29, 0.717) is 11.1 Å². The zero-order valence-electron chi connectivity index (χ0n) is 8.11. The summed E-state index contributed by atoms with van der Waals surface area (Å²) in [7, 11) is 0. The van der Waals surface area contributed by atoms with Gasteiger partial charge in [0.2, 0.25) is 0 Å². The van der Waals surface area contributed by atoms with Crippen molar-refractivity contribution in [2.75, 3.05) is 0 Å². The molecule has 1 heterocycles.